The van der Waals surface area contributed by atoms with E-state index in [0.717, 1.165) is 18.7 Å². The number of imidazole rings is 1. The number of aromatic amines is 1. The highest BCUT2D eigenvalue weighted by atomic mass is 14.9. The molecular weight excluding hydrogens is 138 g/mol. The lowest BCUT2D eigenvalue weighted by atomic mass is 10.3. The van der Waals surface area contributed by atoms with Crippen molar-refractivity contribution in [2.45, 2.75) is 6.42 Å². The summed E-state index contributed by atoms with van der Waals surface area (Å²) in [5.74, 6) is 2.51. The minimum atomic E-state index is 0.633. The van der Waals surface area contributed by atoms with Crippen LogP contribution in [0.2, 0.25) is 0 Å². The number of terminal acetylenes is 1. The van der Waals surface area contributed by atoms with Gasteiger partial charge in [0, 0.05) is 24.9 Å². The molecule has 0 spiro atoms. The molecule has 3 nitrogen and oxygen atoms in total. The lowest BCUT2D eigenvalue weighted by molar-refractivity contribution is 0.744. The largest absolute Gasteiger partial charge is 0.348 e. The van der Waals surface area contributed by atoms with Gasteiger partial charge >= 0.3 is 0 Å². The molecule has 1 rings (SSSR count). The minimum absolute atomic E-state index is 0.633. The average Bonchev–Trinajstić information content (AvgIpc) is 2.50. The van der Waals surface area contributed by atoms with Gasteiger partial charge in [-0.3, -0.25) is 0 Å². The average molecular weight is 149 g/mol. The second-order valence-corrected chi connectivity index (χ2v) is 2.21. The number of hydrogen-bond donors (Lipinski definition) is 2. The van der Waals surface area contributed by atoms with Crippen LogP contribution in [0.1, 0.15) is 5.69 Å². The topological polar surface area (TPSA) is 40.7 Å². The van der Waals surface area contributed by atoms with Gasteiger partial charge in [-0.25, -0.2) is 4.98 Å². The van der Waals surface area contributed by atoms with Crippen LogP contribution < -0.4 is 5.32 Å². The molecule has 0 atom stereocenters. The fraction of sp³-hybridized carbons (Fsp3) is 0.375. The smallest absolute Gasteiger partial charge is 0.0921 e. The lowest BCUT2D eigenvalue weighted by Gasteiger charge is -1.96. The maximum Gasteiger partial charge on any atom is 0.0921 e. The van der Waals surface area contributed by atoms with Crippen molar-refractivity contribution in [2.24, 2.45) is 0 Å². The molecule has 0 saturated heterocycles. The third-order valence-electron chi connectivity index (χ3n) is 1.35. The Morgan fingerprint density at radius 3 is 3.27 bits per heavy atom. The minimum Gasteiger partial charge on any atom is -0.348 e. The van der Waals surface area contributed by atoms with E-state index in [1.807, 2.05) is 6.20 Å². The fourth-order valence-electron chi connectivity index (χ4n) is 0.805. The van der Waals surface area contributed by atoms with Crippen LogP contribution in [0.4, 0.5) is 0 Å². The van der Waals surface area contributed by atoms with E-state index in [2.05, 4.69) is 21.2 Å². The van der Waals surface area contributed by atoms with Gasteiger partial charge in [0.05, 0.1) is 12.9 Å². The summed E-state index contributed by atoms with van der Waals surface area (Å²) in [4.78, 5) is 6.91. The summed E-state index contributed by atoms with van der Waals surface area (Å²) < 4.78 is 0. The van der Waals surface area contributed by atoms with Crippen LogP contribution in [0.5, 0.6) is 0 Å². The summed E-state index contributed by atoms with van der Waals surface area (Å²) in [6.45, 7) is 1.53. The van der Waals surface area contributed by atoms with Crippen molar-refractivity contribution in [3.63, 3.8) is 0 Å². The van der Waals surface area contributed by atoms with Crippen molar-refractivity contribution in [3.8, 4) is 12.3 Å². The zero-order valence-corrected chi connectivity index (χ0v) is 6.30. The van der Waals surface area contributed by atoms with Crippen LogP contribution >= 0.6 is 0 Å². The monoisotopic (exact) mass is 149 g/mol. The third-order valence-corrected chi connectivity index (χ3v) is 1.35. The van der Waals surface area contributed by atoms with E-state index < -0.39 is 0 Å². The Kier molecular flexibility index (Phi) is 3.23. The van der Waals surface area contributed by atoms with Crippen molar-refractivity contribution in [3.05, 3.63) is 18.2 Å². The zero-order chi connectivity index (χ0) is 7.94. The summed E-state index contributed by atoms with van der Waals surface area (Å²) in [6.07, 6.45) is 9.50. The molecule has 1 aromatic heterocycles. The Bertz CT molecular complexity index is 220. The molecule has 0 radical (unpaired) electrons. The summed E-state index contributed by atoms with van der Waals surface area (Å²) >= 11 is 0. The number of nitrogens with one attached hydrogen (secondary N) is 2. The van der Waals surface area contributed by atoms with E-state index in [4.69, 9.17) is 6.42 Å². The summed E-state index contributed by atoms with van der Waals surface area (Å²) in [5.41, 5.74) is 1.13. The van der Waals surface area contributed by atoms with Crippen LogP contribution in [0.25, 0.3) is 0 Å². The molecule has 1 aromatic rings. The van der Waals surface area contributed by atoms with Crippen LogP contribution in [-0.2, 0) is 6.42 Å². The molecule has 1 heterocycles. The summed E-state index contributed by atoms with van der Waals surface area (Å²) in [5, 5.41) is 3.09. The molecule has 2 N–H and O–H groups in total. The molecule has 0 aliphatic rings. The van der Waals surface area contributed by atoms with E-state index in [-0.39, 0.29) is 0 Å². The van der Waals surface area contributed by atoms with Gasteiger partial charge in [0.1, 0.15) is 0 Å². The first-order chi connectivity index (χ1) is 5.43. The van der Waals surface area contributed by atoms with Crippen molar-refractivity contribution >= 4 is 0 Å². The first kappa shape index (κ1) is 7.83. The quantitative estimate of drug-likeness (QED) is 0.473. The molecule has 11 heavy (non-hydrogen) atoms. The number of nitrogens with zero attached hydrogens (tertiary/aromatic N) is 1. The van der Waals surface area contributed by atoms with Crippen molar-refractivity contribution in [2.75, 3.05) is 13.1 Å². The maximum atomic E-state index is 5.06. The number of hydrogen-bond acceptors (Lipinski definition) is 2. The van der Waals surface area contributed by atoms with Gasteiger partial charge < -0.3 is 10.3 Å². The van der Waals surface area contributed by atoms with Gasteiger partial charge in [-0.1, -0.05) is 5.92 Å². The number of aromatic nitrogens is 2. The van der Waals surface area contributed by atoms with Gasteiger partial charge in [0.2, 0.25) is 0 Å². The number of rotatable bonds is 4. The van der Waals surface area contributed by atoms with Gasteiger partial charge in [-0.2, -0.15) is 0 Å². The van der Waals surface area contributed by atoms with E-state index in [0.29, 0.717) is 6.54 Å². The second kappa shape index (κ2) is 4.53. The highest BCUT2D eigenvalue weighted by Gasteiger charge is 1.90. The normalized spacial score (nSPS) is 9.36. The maximum absolute atomic E-state index is 5.06. The lowest BCUT2D eigenvalue weighted by Crippen LogP contribution is -2.17. The standard InChI is InChI=1S/C8H11N3/c1-2-4-9-5-3-8-6-10-7-11-8/h1,6-7,9H,3-5H2,(H,10,11). The van der Waals surface area contributed by atoms with Crippen LogP contribution in [0, 0.1) is 12.3 Å². The van der Waals surface area contributed by atoms with Gasteiger partial charge in [-0.15, -0.1) is 6.42 Å². The van der Waals surface area contributed by atoms with Gasteiger partial charge in [0.15, 0.2) is 0 Å². The van der Waals surface area contributed by atoms with Crippen molar-refractivity contribution in [1.82, 2.24) is 15.3 Å². The van der Waals surface area contributed by atoms with Crippen molar-refractivity contribution in [1.29, 1.82) is 0 Å². The Hall–Kier alpha value is -1.27. The van der Waals surface area contributed by atoms with E-state index in [1.54, 1.807) is 6.33 Å². The van der Waals surface area contributed by atoms with Crippen molar-refractivity contribution < 1.29 is 0 Å². The van der Waals surface area contributed by atoms with E-state index >= 15 is 0 Å². The fourth-order valence-corrected chi connectivity index (χ4v) is 0.805. The molecule has 0 saturated carbocycles. The van der Waals surface area contributed by atoms with E-state index in [9.17, 15) is 0 Å². The number of H-pyrrole nitrogens is 1. The predicted molar refractivity (Wildman–Crippen MR) is 44.0 cm³/mol. The SMILES string of the molecule is C#CCNCCc1cnc[nH]1. The summed E-state index contributed by atoms with van der Waals surface area (Å²) in [7, 11) is 0. The van der Waals surface area contributed by atoms with Crippen LogP contribution in [0.15, 0.2) is 12.5 Å². The molecular formula is C8H11N3. The molecule has 0 fully saturated rings. The van der Waals surface area contributed by atoms with Crippen LogP contribution in [-0.4, -0.2) is 23.1 Å². The van der Waals surface area contributed by atoms with Crippen LogP contribution in [0.3, 0.4) is 0 Å². The Morgan fingerprint density at radius 2 is 2.64 bits per heavy atom. The molecule has 58 valence electrons. The third kappa shape index (κ3) is 2.87. The Labute approximate surface area is 66.2 Å². The molecule has 3 heteroatoms. The predicted octanol–water partition coefficient (Wildman–Crippen LogP) is 0.175. The Balaban J connectivity index is 2.10. The first-order valence-corrected chi connectivity index (χ1v) is 3.55. The molecule has 0 bridgehead atoms. The van der Waals surface area contributed by atoms with Gasteiger partial charge in [0.25, 0.3) is 0 Å². The zero-order valence-electron chi connectivity index (χ0n) is 6.30. The molecule has 0 aliphatic carbocycles. The highest BCUT2D eigenvalue weighted by Crippen LogP contribution is 1.89. The first-order valence-electron chi connectivity index (χ1n) is 3.55. The van der Waals surface area contributed by atoms with Gasteiger partial charge in [-0.05, 0) is 0 Å². The molecule has 0 amide bonds. The highest BCUT2D eigenvalue weighted by molar-refractivity contribution is 4.95. The molecule has 0 unspecified atom stereocenters. The summed E-state index contributed by atoms with van der Waals surface area (Å²) in [6, 6.07) is 0. The molecule has 0 aromatic carbocycles. The second-order valence-electron chi connectivity index (χ2n) is 2.21. The van der Waals surface area contributed by atoms with E-state index in [1.165, 1.54) is 0 Å². The Morgan fingerprint density at radius 1 is 1.73 bits per heavy atom. The molecule has 0 aliphatic heterocycles.